The minimum absolute atomic E-state index is 0.0563. The lowest BCUT2D eigenvalue weighted by Crippen LogP contribution is -2.51. The number of nitrogens with zero attached hydrogens (tertiary/aromatic N) is 4. The number of nitrogen functional groups attached to an aromatic ring is 2. The Morgan fingerprint density at radius 2 is 1.62 bits per heavy atom. The normalized spacial score (nSPS) is 20.8. The maximum absolute atomic E-state index is 13.6. The number of nitrogens with two attached hydrogens (primary N) is 2. The number of carbonyl (C=O) groups excluding carboxylic acids is 2. The van der Waals surface area contributed by atoms with E-state index < -0.39 is 30.9 Å². The van der Waals surface area contributed by atoms with E-state index in [0.29, 0.717) is 32.4 Å². The number of allylic oxidation sites excluding steroid dienone is 2. The van der Waals surface area contributed by atoms with Gasteiger partial charge in [0.05, 0.1) is 15.0 Å². The van der Waals surface area contributed by atoms with Crippen LogP contribution in [0.4, 0.5) is 11.6 Å². The highest BCUT2D eigenvalue weighted by Gasteiger charge is 2.41. The standard InChI is InChI=1S/C31H34ClN7O6S2/c32-27-29(34)36-28(33)26(35-27)25(40)18-21-9-11-31(37-21)12-15-38(16-13-31)30(41)20-5-4-8-23(17-20)47(44,45)39-14-10-24(19-39)46(42,43)22-6-2-1-3-7-22/h1-8,17-18,24,37H,9-16,19H2,(H4,33,34,36)/b21-18+. The first-order valence-corrected chi connectivity index (χ1v) is 18.5. The first kappa shape index (κ1) is 32.9. The molecule has 0 saturated carbocycles. The average molecular weight is 700 g/mol. The summed E-state index contributed by atoms with van der Waals surface area (Å²) >= 11 is 5.92. The highest BCUT2D eigenvalue weighted by atomic mass is 35.5. The van der Waals surface area contributed by atoms with E-state index in [0.717, 1.165) is 12.1 Å². The van der Waals surface area contributed by atoms with Crippen LogP contribution in [0.1, 0.15) is 53.0 Å². The van der Waals surface area contributed by atoms with Crippen molar-refractivity contribution in [2.45, 2.75) is 52.7 Å². The number of piperidine rings is 1. The van der Waals surface area contributed by atoms with Crippen LogP contribution in [0.2, 0.25) is 5.15 Å². The molecule has 248 valence electrons. The fourth-order valence-electron chi connectivity index (χ4n) is 6.40. The third-order valence-electron chi connectivity index (χ3n) is 9.09. The smallest absolute Gasteiger partial charge is 0.253 e. The fraction of sp³-hybridized carbons (Fsp3) is 0.355. The van der Waals surface area contributed by atoms with Gasteiger partial charge in [0.1, 0.15) is 0 Å². The maximum atomic E-state index is 13.6. The van der Waals surface area contributed by atoms with E-state index in [1.807, 2.05) is 0 Å². The Kier molecular flexibility index (Phi) is 8.76. The number of amides is 1. The van der Waals surface area contributed by atoms with Crippen molar-refractivity contribution in [3.05, 3.63) is 82.8 Å². The Morgan fingerprint density at radius 1 is 0.915 bits per heavy atom. The molecule has 0 radical (unpaired) electrons. The molecule has 47 heavy (non-hydrogen) atoms. The molecule has 5 N–H and O–H groups in total. The van der Waals surface area contributed by atoms with Gasteiger partial charge < -0.3 is 21.7 Å². The molecule has 3 saturated heterocycles. The van der Waals surface area contributed by atoms with Crippen LogP contribution in [0.15, 0.2) is 76.2 Å². The molecule has 3 aliphatic heterocycles. The molecule has 0 bridgehead atoms. The molecular formula is C31H34ClN7O6S2. The van der Waals surface area contributed by atoms with Crippen LogP contribution in [0.25, 0.3) is 0 Å². The third-order valence-corrected chi connectivity index (χ3v) is 13.4. The molecule has 1 aromatic heterocycles. The Hall–Kier alpha value is -4.05. The van der Waals surface area contributed by atoms with Gasteiger partial charge in [0.2, 0.25) is 15.8 Å². The summed E-state index contributed by atoms with van der Waals surface area (Å²) in [5.41, 5.74) is 12.0. The Morgan fingerprint density at radius 3 is 2.34 bits per heavy atom. The lowest BCUT2D eigenvalue weighted by atomic mass is 9.86. The fourth-order valence-corrected chi connectivity index (χ4v) is 9.88. The van der Waals surface area contributed by atoms with Gasteiger partial charge in [-0.05, 0) is 62.4 Å². The van der Waals surface area contributed by atoms with E-state index in [4.69, 9.17) is 23.1 Å². The Balaban J connectivity index is 1.09. The van der Waals surface area contributed by atoms with E-state index in [1.165, 1.54) is 40.7 Å². The monoisotopic (exact) mass is 699 g/mol. The highest BCUT2D eigenvalue weighted by molar-refractivity contribution is 7.92. The predicted molar refractivity (Wildman–Crippen MR) is 176 cm³/mol. The second-order valence-electron chi connectivity index (χ2n) is 12.0. The minimum atomic E-state index is -4.04. The summed E-state index contributed by atoms with van der Waals surface area (Å²) in [7, 11) is -7.74. The van der Waals surface area contributed by atoms with Crippen molar-refractivity contribution < 1.29 is 26.4 Å². The molecule has 1 unspecified atom stereocenters. The van der Waals surface area contributed by atoms with Crippen molar-refractivity contribution >= 4 is 54.8 Å². The van der Waals surface area contributed by atoms with Crippen molar-refractivity contribution in [1.82, 2.24) is 24.5 Å². The molecule has 0 aliphatic carbocycles. The van der Waals surface area contributed by atoms with Crippen LogP contribution in [-0.2, 0) is 19.9 Å². The van der Waals surface area contributed by atoms with Gasteiger partial charge in [0, 0.05) is 49.1 Å². The number of ketones is 1. The largest absolute Gasteiger partial charge is 0.383 e. The number of hydrogen-bond donors (Lipinski definition) is 3. The lowest BCUT2D eigenvalue weighted by molar-refractivity contribution is 0.0659. The molecule has 1 amide bonds. The van der Waals surface area contributed by atoms with Crippen LogP contribution >= 0.6 is 11.6 Å². The molecular weight excluding hydrogens is 666 g/mol. The zero-order chi connectivity index (χ0) is 33.6. The van der Waals surface area contributed by atoms with E-state index in [1.54, 1.807) is 29.2 Å². The van der Waals surface area contributed by atoms with Crippen molar-refractivity contribution in [3.8, 4) is 0 Å². The molecule has 1 spiro atoms. The number of rotatable bonds is 7. The topological polar surface area (TPSA) is 199 Å². The van der Waals surface area contributed by atoms with Crippen LogP contribution in [0.3, 0.4) is 0 Å². The van der Waals surface area contributed by atoms with Gasteiger partial charge in [-0.25, -0.2) is 26.8 Å². The summed E-state index contributed by atoms with van der Waals surface area (Å²) in [6.45, 7) is 0.771. The first-order chi connectivity index (χ1) is 22.3. The summed E-state index contributed by atoms with van der Waals surface area (Å²) < 4.78 is 54.5. The van der Waals surface area contributed by atoms with E-state index in [9.17, 15) is 26.4 Å². The van der Waals surface area contributed by atoms with Crippen LogP contribution in [0, 0.1) is 0 Å². The first-order valence-electron chi connectivity index (χ1n) is 15.1. The Labute approximate surface area is 278 Å². The van der Waals surface area contributed by atoms with Gasteiger partial charge in [0.25, 0.3) is 5.91 Å². The number of aromatic nitrogens is 2. The van der Waals surface area contributed by atoms with Crippen molar-refractivity contribution in [2.75, 3.05) is 37.6 Å². The molecule has 6 rings (SSSR count). The number of hydrogen-bond acceptors (Lipinski definition) is 11. The van der Waals surface area contributed by atoms with E-state index >= 15 is 0 Å². The number of halogens is 1. The second-order valence-corrected chi connectivity index (χ2v) is 16.5. The summed E-state index contributed by atoms with van der Waals surface area (Å²) in [5, 5.41) is 2.51. The quantitative estimate of drug-likeness (QED) is 0.242. The number of benzene rings is 2. The number of anilines is 2. The van der Waals surface area contributed by atoms with Crippen LogP contribution in [0.5, 0.6) is 0 Å². The minimum Gasteiger partial charge on any atom is -0.383 e. The van der Waals surface area contributed by atoms with Crippen molar-refractivity contribution in [2.24, 2.45) is 0 Å². The number of nitrogens with one attached hydrogen (secondary N) is 1. The van der Waals surface area contributed by atoms with E-state index in [2.05, 4.69) is 15.3 Å². The molecule has 3 aliphatic rings. The highest BCUT2D eigenvalue weighted by Crippen LogP contribution is 2.36. The van der Waals surface area contributed by atoms with Gasteiger partial charge in [-0.15, -0.1) is 0 Å². The van der Waals surface area contributed by atoms with Crippen LogP contribution in [-0.4, -0.2) is 84.7 Å². The van der Waals surface area contributed by atoms with Crippen LogP contribution < -0.4 is 16.8 Å². The van der Waals surface area contributed by atoms with Crippen molar-refractivity contribution in [1.29, 1.82) is 0 Å². The van der Waals surface area contributed by atoms with Gasteiger partial charge >= 0.3 is 0 Å². The predicted octanol–water partition coefficient (Wildman–Crippen LogP) is 2.66. The molecule has 1 atom stereocenters. The summed E-state index contributed by atoms with van der Waals surface area (Å²) in [5.74, 6) is -0.897. The van der Waals surface area contributed by atoms with Gasteiger partial charge in [-0.1, -0.05) is 35.9 Å². The summed E-state index contributed by atoms with van der Waals surface area (Å²) in [6, 6.07) is 13.9. The zero-order valence-electron chi connectivity index (χ0n) is 25.3. The van der Waals surface area contributed by atoms with Crippen molar-refractivity contribution in [3.63, 3.8) is 0 Å². The molecule has 2 aromatic carbocycles. The third kappa shape index (κ3) is 6.44. The van der Waals surface area contributed by atoms with Gasteiger partial charge in [-0.3, -0.25) is 9.59 Å². The summed E-state index contributed by atoms with van der Waals surface area (Å²) in [6.07, 6.45) is 4.26. The maximum Gasteiger partial charge on any atom is 0.253 e. The molecule has 3 fully saturated rings. The molecule has 16 heteroatoms. The summed E-state index contributed by atoms with van der Waals surface area (Å²) in [4.78, 5) is 36.0. The average Bonchev–Trinajstić information content (AvgIpc) is 3.72. The molecule has 13 nitrogen and oxygen atoms in total. The molecule has 4 heterocycles. The van der Waals surface area contributed by atoms with Gasteiger partial charge in [0.15, 0.2) is 32.3 Å². The lowest BCUT2D eigenvalue weighted by Gasteiger charge is -2.39. The second kappa shape index (κ2) is 12.5. The number of sulfone groups is 1. The SMILES string of the molecule is Nc1nc(N)c(C(=O)/C=C2\CCC3(CCN(C(=O)c4cccc(S(=O)(=O)N5CCC(S(=O)(=O)c6ccccc6)C5)c4)CC3)N2)nc1Cl. The van der Waals surface area contributed by atoms with E-state index in [-0.39, 0.29) is 68.8 Å². The zero-order valence-corrected chi connectivity index (χ0v) is 27.7. The number of likely N-dealkylation sites (tertiary alicyclic amines) is 1. The number of sulfonamides is 1. The number of carbonyl (C=O) groups is 2. The molecule has 3 aromatic rings. The van der Waals surface area contributed by atoms with Gasteiger partial charge in [-0.2, -0.15) is 4.31 Å². The Bertz CT molecular complexity index is 1980.